The van der Waals surface area contributed by atoms with E-state index in [-0.39, 0.29) is 11.2 Å². The second kappa shape index (κ2) is 11.6. The summed E-state index contributed by atoms with van der Waals surface area (Å²) < 4.78 is 17.4. The molecule has 2 rings (SSSR count). The third-order valence-corrected chi connectivity index (χ3v) is 4.65. The Kier molecular flexibility index (Phi) is 9.17. The maximum absolute atomic E-state index is 12.8. The Morgan fingerprint density at radius 3 is 2.10 bits per heavy atom. The second-order valence-electron chi connectivity index (χ2n) is 8.49. The second-order valence-corrected chi connectivity index (χ2v) is 8.49. The first-order valence-electron chi connectivity index (χ1n) is 11.2. The van der Waals surface area contributed by atoms with Gasteiger partial charge in [-0.2, -0.15) is 0 Å². The van der Waals surface area contributed by atoms with E-state index < -0.39 is 0 Å². The van der Waals surface area contributed by atoms with E-state index in [2.05, 4.69) is 34.6 Å². The number of ketones is 1. The summed E-state index contributed by atoms with van der Waals surface area (Å²) in [6.45, 7) is 14.4. The summed E-state index contributed by atoms with van der Waals surface area (Å²) in [4.78, 5) is 12.8. The van der Waals surface area contributed by atoms with Gasteiger partial charge in [0.15, 0.2) is 5.78 Å². The summed E-state index contributed by atoms with van der Waals surface area (Å²) in [5.41, 5.74) is 2.47. The molecule has 0 fully saturated rings. The van der Waals surface area contributed by atoms with Crippen molar-refractivity contribution in [3.63, 3.8) is 0 Å². The summed E-state index contributed by atoms with van der Waals surface area (Å²) in [6, 6.07) is 11.2. The SMILES string of the molecule is CCCOc1cc(C=CC(=O)c2ccc(OCC)cc2)c(C(C)(C)C)c(OCCC)c1. The number of rotatable bonds is 11. The van der Waals surface area contributed by atoms with Crippen molar-refractivity contribution in [1.29, 1.82) is 0 Å². The topological polar surface area (TPSA) is 44.8 Å². The highest BCUT2D eigenvalue weighted by molar-refractivity contribution is 6.07. The van der Waals surface area contributed by atoms with E-state index >= 15 is 0 Å². The molecule has 31 heavy (non-hydrogen) atoms. The van der Waals surface area contributed by atoms with E-state index in [1.165, 1.54) is 0 Å². The monoisotopic (exact) mass is 424 g/mol. The minimum atomic E-state index is -0.159. The number of carbonyl (C=O) groups excluding carboxylic acids is 1. The molecule has 0 unspecified atom stereocenters. The van der Waals surface area contributed by atoms with Crippen molar-refractivity contribution in [3.05, 3.63) is 59.2 Å². The number of ether oxygens (including phenoxy) is 3. The molecule has 0 saturated heterocycles. The average molecular weight is 425 g/mol. The summed E-state index contributed by atoms with van der Waals surface area (Å²) in [7, 11) is 0. The summed E-state index contributed by atoms with van der Waals surface area (Å²) in [5, 5.41) is 0. The molecule has 2 aromatic rings. The van der Waals surface area contributed by atoms with E-state index in [9.17, 15) is 4.79 Å². The molecule has 4 nitrogen and oxygen atoms in total. The van der Waals surface area contributed by atoms with Crippen LogP contribution in [0, 0.1) is 0 Å². The van der Waals surface area contributed by atoms with Crippen molar-refractivity contribution in [2.24, 2.45) is 0 Å². The maximum Gasteiger partial charge on any atom is 0.185 e. The van der Waals surface area contributed by atoms with Gasteiger partial charge in [-0.1, -0.05) is 40.7 Å². The van der Waals surface area contributed by atoms with Crippen LogP contribution in [0.2, 0.25) is 0 Å². The zero-order valence-corrected chi connectivity index (χ0v) is 19.8. The molecule has 168 valence electrons. The van der Waals surface area contributed by atoms with Crippen LogP contribution >= 0.6 is 0 Å². The quantitative estimate of drug-likeness (QED) is 0.292. The largest absolute Gasteiger partial charge is 0.494 e. The number of hydrogen-bond acceptors (Lipinski definition) is 4. The van der Waals surface area contributed by atoms with Gasteiger partial charge in [0.05, 0.1) is 19.8 Å². The molecule has 0 N–H and O–H groups in total. The van der Waals surface area contributed by atoms with E-state index in [0.29, 0.717) is 25.4 Å². The van der Waals surface area contributed by atoms with Gasteiger partial charge < -0.3 is 14.2 Å². The first-order chi connectivity index (χ1) is 14.8. The molecule has 0 aliphatic carbocycles. The van der Waals surface area contributed by atoms with Gasteiger partial charge in [-0.05, 0) is 67.2 Å². The predicted molar refractivity (Wildman–Crippen MR) is 128 cm³/mol. The Balaban J connectivity index is 2.42. The highest BCUT2D eigenvalue weighted by Crippen LogP contribution is 2.38. The predicted octanol–water partition coefficient (Wildman–Crippen LogP) is 6.86. The highest BCUT2D eigenvalue weighted by Gasteiger charge is 2.24. The van der Waals surface area contributed by atoms with E-state index in [1.807, 2.05) is 37.3 Å². The molecule has 0 aliphatic rings. The number of allylic oxidation sites excluding steroid dienone is 1. The zero-order valence-electron chi connectivity index (χ0n) is 19.8. The van der Waals surface area contributed by atoms with Crippen LogP contribution in [0.1, 0.15) is 75.9 Å². The number of hydrogen-bond donors (Lipinski definition) is 0. The van der Waals surface area contributed by atoms with Crippen molar-refractivity contribution in [2.75, 3.05) is 19.8 Å². The Morgan fingerprint density at radius 2 is 1.52 bits per heavy atom. The number of benzene rings is 2. The van der Waals surface area contributed by atoms with Crippen molar-refractivity contribution < 1.29 is 19.0 Å². The van der Waals surface area contributed by atoms with E-state index in [0.717, 1.165) is 41.2 Å². The minimum absolute atomic E-state index is 0.0567. The molecule has 2 aromatic carbocycles. The normalized spacial score (nSPS) is 11.5. The van der Waals surface area contributed by atoms with Gasteiger partial charge in [0, 0.05) is 17.2 Å². The molecular formula is C27H36O4. The van der Waals surface area contributed by atoms with Crippen LogP contribution in [0.15, 0.2) is 42.5 Å². The zero-order chi connectivity index (χ0) is 22.9. The Morgan fingerprint density at radius 1 is 0.871 bits per heavy atom. The third kappa shape index (κ3) is 7.16. The van der Waals surface area contributed by atoms with Crippen LogP contribution in [0.25, 0.3) is 6.08 Å². The van der Waals surface area contributed by atoms with Crippen LogP contribution in [-0.2, 0) is 5.41 Å². The first-order valence-corrected chi connectivity index (χ1v) is 11.2. The molecule has 0 amide bonds. The molecule has 0 saturated carbocycles. The van der Waals surface area contributed by atoms with E-state index in [1.54, 1.807) is 18.2 Å². The molecule has 0 aromatic heterocycles. The van der Waals surface area contributed by atoms with Crippen LogP contribution < -0.4 is 14.2 Å². The summed E-state index contributed by atoms with van der Waals surface area (Å²) >= 11 is 0. The van der Waals surface area contributed by atoms with Gasteiger partial charge in [-0.3, -0.25) is 4.79 Å². The standard InChI is InChI=1S/C27H36O4/c1-7-16-30-23-18-21(26(27(4,5)6)25(19-23)31-17-8-2)12-15-24(28)20-10-13-22(14-11-20)29-9-3/h10-15,18-19H,7-9,16-17H2,1-6H3. The number of carbonyl (C=O) groups is 1. The molecule has 0 atom stereocenters. The molecule has 0 bridgehead atoms. The van der Waals surface area contributed by atoms with Gasteiger partial charge in [-0.15, -0.1) is 0 Å². The minimum Gasteiger partial charge on any atom is -0.494 e. The molecular weight excluding hydrogens is 388 g/mol. The Bertz CT molecular complexity index is 873. The fourth-order valence-electron chi connectivity index (χ4n) is 3.32. The Labute approximate surface area is 187 Å². The van der Waals surface area contributed by atoms with Crippen LogP contribution in [0.4, 0.5) is 0 Å². The lowest BCUT2D eigenvalue weighted by molar-refractivity contribution is 0.104. The van der Waals surface area contributed by atoms with Crippen LogP contribution in [0.5, 0.6) is 17.2 Å². The van der Waals surface area contributed by atoms with Crippen LogP contribution in [0.3, 0.4) is 0 Å². The fourth-order valence-corrected chi connectivity index (χ4v) is 3.32. The molecule has 4 heteroatoms. The summed E-state index contributed by atoms with van der Waals surface area (Å²) in [6.07, 6.45) is 5.34. The van der Waals surface area contributed by atoms with Gasteiger partial charge in [-0.25, -0.2) is 0 Å². The van der Waals surface area contributed by atoms with Crippen molar-refractivity contribution in [1.82, 2.24) is 0 Å². The smallest absolute Gasteiger partial charge is 0.185 e. The third-order valence-electron chi connectivity index (χ3n) is 4.65. The van der Waals surface area contributed by atoms with E-state index in [4.69, 9.17) is 14.2 Å². The van der Waals surface area contributed by atoms with Gasteiger partial charge in [0.2, 0.25) is 0 Å². The van der Waals surface area contributed by atoms with Gasteiger partial charge >= 0.3 is 0 Å². The molecule has 0 heterocycles. The van der Waals surface area contributed by atoms with Crippen LogP contribution in [-0.4, -0.2) is 25.6 Å². The van der Waals surface area contributed by atoms with Crippen molar-refractivity contribution >= 4 is 11.9 Å². The van der Waals surface area contributed by atoms with Crippen molar-refractivity contribution in [2.45, 2.75) is 59.8 Å². The average Bonchev–Trinajstić information content (AvgIpc) is 2.74. The lowest BCUT2D eigenvalue weighted by Crippen LogP contribution is -2.16. The molecule has 0 aliphatic heterocycles. The summed E-state index contributed by atoms with van der Waals surface area (Å²) in [5.74, 6) is 2.28. The van der Waals surface area contributed by atoms with Crippen molar-refractivity contribution in [3.8, 4) is 17.2 Å². The highest BCUT2D eigenvalue weighted by atomic mass is 16.5. The fraction of sp³-hybridized carbons (Fsp3) is 0.444. The molecule has 0 spiro atoms. The maximum atomic E-state index is 12.8. The van der Waals surface area contributed by atoms with Gasteiger partial charge in [0.1, 0.15) is 17.2 Å². The van der Waals surface area contributed by atoms with Gasteiger partial charge in [0.25, 0.3) is 0 Å². The Hall–Kier alpha value is -2.75. The molecule has 0 radical (unpaired) electrons. The first kappa shape index (κ1) is 24.5. The lowest BCUT2D eigenvalue weighted by Gasteiger charge is -2.26. The lowest BCUT2D eigenvalue weighted by atomic mass is 9.82.